The Labute approximate surface area is 99.7 Å². The number of hydrogen-bond donors (Lipinski definition) is 1. The standard InChI is InChI=1S/C8H8IN5O/c1-5-13-7(14-15-5)4-12-8-10-2-6(9)3-11-8/h2-3H,4H2,1H3,(H,10,11,12). The summed E-state index contributed by atoms with van der Waals surface area (Å²) in [5, 5.41) is 6.73. The van der Waals surface area contributed by atoms with Crippen molar-refractivity contribution in [3.63, 3.8) is 0 Å². The topological polar surface area (TPSA) is 76.7 Å². The third kappa shape index (κ3) is 2.85. The van der Waals surface area contributed by atoms with Crippen molar-refractivity contribution in [1.82, 2.24) is 20.1 Å². The molecule has 1 N–H and O–H groups in total. The van der Waals surface area contributed by atoms with E-state index in [4.69, 9.17) is 4.52 Å². The van der Waals surface area contributed by atoms with Gasteiger partial charge in [-0.1, -0.05) is 5.16 Å². The van der Waals surface area contributed by atoms with Crippen molar-refractivity contribution in [3.05, 3.63) is 27.7 Å². The molecule has 78 valence electrons. The Kier molecular flexibility index (Phi) is 3.09. The van der Waals surface area contributed by atoms with Gasteiger partial charge in [-0.25, -0.2) is 9.97 Å². The van der Waals surface area contributed by atoms with Crippen LogP contribution in [0.15, 0.2) is 16.9 Å². The molecule has 2 aromatic heterocycles. The molecule has 15 heavy (non-hydrogen) atoms. The lowest BCUT2D eigenvalue weighted by Gasteiger charge is -1.99. The van der Waals surface area contributed by atoms with Crippen molar-refractivity contribution < 1.29 is 4.52 Å². The fourth-order valence-electron chi connectivity index (χ4n) is 0.975. The highest BCUT2D eigenvalue weighted by Crippen LogP contribution is 2.04. The zero-order valence-electron chi connectivity index (χ0n) is 7.94. The molecule has 0 unspecified atom stereocenters. The number of hydrogen-bond acceptors (Lipinski definition) is 6. The first kappa shape index (κ1) is 10.3. The number of aryl methyl sites for hydroxylation is 1. The van der Waals surface area contributed by atoms with Crippen molar-refractivity contribution in [1.29, 1.82) is 0 Å². The van der Waals surface area contributed by atoms with Crippen LogP contribution in [0.5, 0.6) is 0 Å². The van der Waals surface area contributed by atoms with Crippen LogP contribution in [0.2, 0.25) is 0 Å². The van der Waals surface area contributed by atoms with Gasteiger partial charge in [-0.2, -0.15) is 4.98 Å². The molecule has 7 heteroatoms. The largest absolute Gasteiger partial charge is 0.347 e. The fraction of sp³-hybridized carbons (Fsp3) is 0.250. The van der Waals surface area contributed by atoms with E-state index in [1.165, 1.54) is 0 Å². The third-order valence-electron chi connectivity index (χ3n) is 1.59. The van der Waals surface area contributed by atoms with Gasteiger partial charge in [0.25, 0.3) is 0 Å². The minimum atomic E-state index is 0.456. The molecule has 0 saturated heterocycles. The van der Waals surface area contributed by atoms with Crippen LogP contribution in [0.4, 0.5) is 5.95 Å². The lowest BCUT2D eigenvalue weighted by molar-refractivity contribution is 0.388. The van der Waals surface area contributed by atoms with Crippen molar-refractivity contribution in [2.24, 2.45) is 0 Å². The highest BCUT2D eigenvalue weighted by atomic mass is 127. The molecule has 0 amide bonds. The summed E-state index contributed by atoms with van der Waals surface area (Å²) in [6.07, 6.45) is 3.47. The fourth-order valence-corrected chi connectivity index (χ4v) is 1.25. The van der Waals surface area contributed by atoms with Crippen molar-refractivity contribution in [2.75, 3.05) is 5.32 Å². The van der Waals surface area contributed by atoms with Crippen LogP contribution < -0.4 is 5.32 Å². The van der Waals surface area contributed by atoms with Crippen LogP contribution in [0.1, 0.15) is 11.7 Å². The van der Waals surface area contributed by atoms with Gasteiger partial charge < -0.3 is 9.84 Å². The first-order chi connectivity index (χ1) is 7.24. The summed E-state index contributed by atoms with van der Waals surface area (Å²) >= 11 is 2.15. The van der Waals surface area contributed by atoms with E-state index in [0.29, 0.717) is 24.2 Å². The van der Waals surface area contributed by atoms with E-state index >= 15 is 0 Å². The molecule has 0 spiro atoms. The SMILES string of the molecule is Cc1nc(CNc2ncc(I)cn2)no1. The van der Waals surface area contributed by atoms with Gasteiger partial charge in [-0.3, -0.25) is 0 Å². The van der Waals surface area contributed by atoms with E-state index in [9.17, 15) is 0 Å². The molecule has 6 nitrogen and oxygen atoms in total. The quantitative estimate of drug-likeness (QED) is 0.862. The zero-order valence-corrected chi connectivity index (χ0v) is 10.1. The number of nitrogens with zero attached hydrogens (tertiary/aromatic N) is 4. The van der Waals surface area contributed by atoms with Gasteiger partial charge in [0.05, 0.1) is 6.54 Å². The van der Waals surface area contributed by atoms with Gasteiger partial charge in [0, 0.05) is 22.9 Å². The Morgan fingerprint density at radius 1 is 1.40 bits per heavy atom. The van der Waals surface area contributed by atoms with Gasteiger partial charge in [-0.05, 0) is 22.6 Å². The average molecular weight is 317 g/mol. The van der Waals surface area contributed by atoms with Gasteiger partial charge in [0.15, 0.2) is 5.82 Å². The molecular formula is C8H8IN5O. The summed E-state index contributed by atoms with van der Waals surface area (Å²) in [7, 11) is 0. The number of nitrogens with one attached hydrogen (secondary N) is 1. The second-order valence-electron chi connectivity index (χ2n) is 2.81. The van der Waals surface area contributed by atoms with Crippen LogP contribution in [0, 0.1) is 10.5 Å². The molecule has 0 aliphatic carbocycles. The van der Waals surface area contributed by atoms with E-state index in [1.54, 1.807) is 19.3 Å². The summed E-state index contributed by atoms with van der Waals surface area (Å²) in [6, 6.07) is 0. The highest BCUT2D eigenvalue weighted by Gasteiger charge is 2.02. The van der Waals surface area contributed by atoms with E-state index in [1.807, 2.05) is 0 Å². The maximum atomic E-state index is 4.83. The Bertz CT molecular complexity index is 441. The van der Waals surface area contributed by atoms with Crippen LogP contribution in [-0.4, -0.2) is 20.1 Å². The third-order valence-corrected chi connectivity index (χ3v) is 2.15. The number of aromatic nitrogens is 4. The summed E-state index contributed by atoms with van der Waals surface area (Å²) in [5.74, 6) is 1.70. The van der Waals surface area contributed by atoms with E-state index in [0.717, 1.165) is 3.57 Å². The molecule has 0 bridgehead atoms. The average Bonchev–Trinajstić information content (AvgIpc) is 2.64. The molecule has 0 aliphatic rings. The van der Waals surface area contributed by atoms with Crippen LogP contribution in [0.3, 0.4) is 0 Å². The molecule has 0 fully saturated rings. The predicted molar refractivity (Wildman–Crippen MR) is 61.1 cm³/mol. The summed E-state index contributed by atoms with van der Waals surface area (Å²) in [4.78, 5) is 12.2. The number of rotatable bonds is 3. The summed E-state index contributed by atoms with van der Waals surface area (Å²) in [5.41, 5.74) is 0. The minimum absolute atomic E-state index is 0.456. The smallest absolute Gasteiger partial charge is 0.223 e. The molecule has 2 heterocycles. The van der Waals surface area contributed by atoms with E-state index in [-0.39, 0.29) is 0 Å². The van der Waals surface area contributed by atoms with Gasteiger partial charge in [0.2, 0.25) is 11.8 Å². The van der Waals surface area contributed by atoms with Crippen LogP contribution >= 0.6 is 22.6 Å². The highest BCUT2D eigenvalue weighted by molar-refractivity contribution is 14.1. The normalized spacial score (nSPS) is 10.3. The predicted octanol–water partition coefficient (Wildman–Crippen LogP) is 1.38. The molecule has 2 aromatic rings. The lowest BCUT2D eigenvalue weighted by atomic mass is 10.6. The second-order valence-corrected chi connectivity index (χ2v) is 4.05. The summed E-state index contributed by atoms with van der Waals surface area (Å²) in [6.45, 7) is 2.20. The Balaban J connectivity index is 1.96. The molecule has 0 atom stereocenters. The number of anilines is 1. The van der Waals surface area contributed by atoms with Gasteiger partial charge in [-0.15, -0.1) is 0 Å². The molecule has 0 saturated carbocycles. The first-order valence-electron chi connectivity index (χ1n) is 4.24. The van der Waals surface area contributed by atoms with Crippen molar-refractivity contribution in [3.8, 4) is 0 Å². The first-order valence-corrected chi connectivity index (χ1v) is 5.32. The maximum absolute atomic E-state index is 4.83. The number of halogens is 1. The van der Waals surface area contributed by atoms with E-state index in [2.05, 4.69) is 48.0 Å². The summed E-state index contributed by atoms with van der Waals surface area (Å²) < 4.78 is 5.82. The lowest BCUT2D eigenvalue weighted by Crippen LogP contribution is -2.04. The van der Waals surface area contributed by atoms with Crippen LogP contribution in [0.25, 0.3) is 0 Å². The maximum Gasteiger partial charge on any atom is 0.223 e. The Morgan fingerprint density at radius 2 is 2.13 bits per heavy atom. The Hall–Kier alpha value is -1.25. The molecular weight excluding hydrogens is 309 g/mol. The molecule has 0 radical (unpaired) electrons. The second kappa shape index (κ2) is 4.51. The minimum Gasteiger partial charge on any atom is -0.347 e. The van der Waals surface area contributed by atoms with Crippen LogP contribution in [-0.2, 0) is 6.54 Å². The molecule has 0 aliphatic heterocycles. The van der Waals surface area contributed by atoms with Crippen molar-refractivity contribution in [2.45, 2.75) is 13.5 Å². The van der Waals surface area contributed by atoms with Crippen molar-refractivity contribution >= 4 is 28.5 Å². The Morgan fingerprint density at radius 3 is 2.73 bits per heavy atom. The van der Waals surface area contributed by atoms with Gasteiger partial charge in [0.1, 0.15) is 0 Å². The molecule has 2 rings (SSSR count). The van der Waals surface area contributed by atoms with E-state index < -0.39 is 0 Å². The zero-order chi connectivity index (χ0) is 10.7. The van der Waals surface area contributed by atoms with Gasteiger partial charge >= 0.3 is 0 Å². The molecule has 0 aromatic carbocycles. The monoisotopic (exact) mass is 317 g/mol.